The van der Waals surface area contributed by atoms with E-state index in [9.17, 15) is 81.1 Å². The molecule has 0 radical (unpaired) electrons. The van der Waals surface area contributed by atoms with Gasteiger partial charge in [0.1, 0.15) is 113 Å². The molecule has 0 amide bonds. The summed E-state index contributed by atoms with van der Waals surface area (Å²) in [6.07, 6.45) is -32.3. The highest BCUT2D eigenvalue weighted by Crippen LogP contribution is 2.39. The van der Waals surface area contributed by atoms with Gasteiger partial charge in [-0.3, -0.25) is 4.79 Å². The lowest BCUT2D eigenvalue weighted by Crippen LogP contribution is -2.65. The Morgan fingerprint density at radius 3 is 1.82 bits per heavy atom. The smallest absolute Gasteiger partial charge is 0.331 e. The topological polar surface area (TPSA) is 414 Å². The van der Waals surface area contributed by atoms with Crippen LogP contribution in [-0.2, 0) is 38.0 Å². The van der Waals surface area contributed by atoms with Gasteiger partial charge in [-0.2, -0.15) is 0 Å². The molecule has 26 nitrogen and oxygen atoms in total. The van der Waals surface area contributed by atoms with Crippen LogP contribution in [0.5, 0.6) is 28.7 Å². The number of esters is 1. The van der Waals surface area contributed by atoms with Crippen LogP contribution in [0.4, 0.5) is 0 Å². The molecule has 5 heterocycles. The van der Waals surface area contributed by atoms with E-state index in [0.29, 0.717) is 5.56 Å². The zero-order chi connectivity index (χ0) is 53.4. The highest BCUT2D eigenvalue weighted by atomic mass is 16.8. The normalized spacial score (nSPS) is 36.7. The van der Waals surface area contributed by atoms with Gasteiger partial charge in [-0.15, -0.1) is 0 Å². The molecule has 4 aliphatic rings. The van der Waals surface area contributed by atoms with Crippen molar-refractivity contribution in [3.63, 3.8) is 0 Å². The van der Waals surface area contributed by atoms with Crippen LogP contribution in [0.1, 0.15) is 19.4 Å². The number of benzene rings is 3. The van der Waals surface area contributed by atoms with E-state index >= 15 is 0 Å². The van der Waals surface area contributed by atoms with Crippen LogP contribution in [0.15, 0.2) is 76.0 Å². The fourth-order valence-electron chi connectivity index (χ4n) is 8.64. The molecule has 74 heavy (non-hydrogen) atoms. The number of carbonyl (C=O) groups is 1. The molecular formula is C48H56O26. The van der Waals surface area contributed by atoms with Crippen molar-refractivity contribution in [3.8, 4) is 40.1 Å². The van der Waals surface area contributed by atoms with Gasteiger partial charge >= 0.3 is 5.97 Å². The van der Waals surface area contributed by atoms with Gasteiger partial charge in [-0.25, -0.2) is 4.79 Å². The maximum Gasteiger partial charge on any atom is 0.331 e. The number of aliphatic hydroxyl groups excluding tert-OH is 11. The van der Waals surface area contributed by atoms with Crippen molar-refractivity contribution in [2.45, 2.75) is 137 Å². The minimum atomic E-state index is -2.11. The lowest BCUT2D eigenvalue weighted by atomic mass is 9.97. The van der Waals surface area contributed by atoms with Gasteiger partial charge in [0.25, 0.3) is 0 Å². The highest BCUT2D eigenvalue weighted by molar-refractivity contribution is 5.88. The average Bonchev–Trinajstić information content (AvgIpc) is 3.37. The minimum absolute atomic E-state index is 0.0269. The number of hydrogen-bond acceptors (Lipinski definition) is 26. The number of carbonyl (C=O) groups excluding carboxylic acids is 1. The number of rotatable bonds is 14. The monoisotopic (exact) mass is 1050 g/mol. The SMILES string of the molecule is C[C@@H]1O[C@@H](Oc2cc(O)c3c(=O)c(O[C@@H]4O[C@H](CO[C@@H]5O[C@@H](C)[C@H](OC(=O)/C=C/c6ccc(O)cc6)[C@@H](O[C@@H]6O[C@H](CO)[C@@H](O)[C@H](O)[C@H]6O)[C@H]5O)[C@H](O)[C@H](O)[C@H]4O)c(-c4ccc(O)cc4)oc3c2)[C@H](O)[C@H](O)[C@H]1O. The van der Waals surface area contributed by atoms with E-state index < -0.39 is 170 Å². The first-order valence-electron chi connectivity index (χ1n) is 23.1. The largest absolute Gasteiger partial charge is 0.508 e. The molecule has 4 aromatic rings. The van der Waals surface area contributed by atoms with Gasteiger partial charge in [0, 0.05) is 23.8 Å². The molecule has 20 atom stereocenters. The number of phenols is 3. The van der Waals surface area contributed by atoms with Crippen LogP contribution in [0.3, 0.4) is 0 Å². The van der Waals surface area contributed by atoms with Crippen molar-refractivity contribution in [2.24, 2.45) is 0 Å². The van der Waals surface area contributed by atoms with Gasteiger partial charge in [0.2, 0.25) is 23.8 Å². The average molecular weight is 1050 g/mol. The standard InChI is InChI=1S/C48H56O26/c1-17-30(54)34(58)37(61)46(66-17)68-23-13-24(52)29-25(14-23)69-42(20-6-10-22(51)11-7-20)43(33(29)57)73-48-39(63)36(60)32(56)27(71-48)16-65-45-40(64)44(74-47-38(62)35(59)31(55)26(15-49)70-47)41(18(2)67-45)72-28(53)12-5-19-3-8-21(50)9-4-19/h3-14,17-18,26-27,30-32,34-41,44-52,54-56,58-64H,15-16H2,1-2H3/b12-5+/t17-,18-,26+,27+,30-,31+,32-,34+,35-,36-,37+,38+,39+,40+,41-,44-,45+,46-,47-,48-/m0/s1. The molecule has 0 bridgehead atoms. The van der Waals surface area contributed by atoms with E-state index in [1.807, 2.05) is 0 Å². The van der Waals surface area contributed by atoms with Gasteiger partial charge in [0.05, 0.1) is 25.4 Å². The first kappa shape index (κ1) is 54.7. The molecule has 8 rings (SSSR count). The zero-order valence-corrected chi connectivity index (χ0v) is 39.0. The van der Waals surface area contributed by atoms with Gasteiger partial charge in [0.15, 0.2) is 24.4 Å². The van der Waals surface area contributed by atoms with Crippen molar-refractivity contribution in [2.75, 3.05) is 13.2 Å². The van der Waals surface area contributed by atoms with Crippen LogP contribution in [-0.4, -0.2) is 213 Å². The number of ether oxygens (including phenoxy) is 9. The van der Waals surface area contributed by atoms with E-state index in [0.717, 1.165) is 18.2 Å². The second kappa shape index (κ2) is 22.7. The number of fused-ring (bicyclic) bond motifs is 1. The molecule has 4 saturated heterocycles. The third kappa shape index (κ3) is 11.3. The van der Waals surface area contributed by atoms with Gasteiger partial charge in [-0.1, -0.05) is 12.1 Å². The summed E-state index contributed by atoms with van der Waals surface area (Å²) in [5, 5.41) is 148. The van der Waals surface area contributed by atoms with E-state index in [2.05, 4.69) is 0 Å². The summed E-state index contributed by atoms with van der Waals surface area (Å²) in [5.74, 6) is -3.35. The van der Waals surface area contributed by atoms with Crippen LogP contribution in [0.2, 0.25) is 0 Å². The van der Waals surface area contributed by atoms with Crippen molar-refractivity contribution in [1.29, 1.82) is 0 Å². The molecule has 4 fully saturated rings. The Morgan fingerprint density at radius 1 is 0.608 bits per heavy atom. The molecule has 404 valence electrons. The van der Waals surface area contributed by atoms with E-state index in [1.165, 1.54) is 68.5 Å². The predicted molar refractivity (Wildman–Crippen MR) is 243 cm³/mol. The fraction of sp³-hybridized carbons (Fsp3) is 0.500. The summed E-state index contributed by atoms with van der Waals surface area (Å²) in [7, 11) is 0. The van der Waals surface area contributed by atoms with Crippen LogP contribution >= 0.6 is 0 Å². The van der Waals surface area contributed by atoms with Crippen molar-refractivity contribution >= 4 is 23.0 Å². The minimum Gasteiger partial charge on any atom is -0.508 e. The Balaban J connectivity index is 1.04. The highest BCUT2D eigenvalue weighted by Gasteiger charge is 2.53. The third-order valence-corrected chi connectivity index (χ3v) is 12.9. The maximum absolute atomic E-state index is 14.4. The summed E-state index contributed by atoms with van der Waals surface area (Å²) < 4.78 is 57.8. The summed E-state index contributed by atoms with van der Waals surface area (Å²) in [5.41, 5.74) is -0.878. The van der Waals surface area contributed by atoms with Crippen molar-refractivity contribution < 1.29 is 123 Å². The van der Waals surface area contributed by atoms with Crippen LogP contribution in [0.25, 0.3) is 28.4 Å². The fourth-order valence-corrected chi connectivity index (χ4v) is 8.64. The Bertz CT molecular complexity index is 2640. The second-order valence-corrected chi connectivity index (χ2v) is 18.0. The van der Waals surface area contributed by atoms with Gasteiger partial charge < -0.3 is 119 Å². The predicted octanol–water partition coefficient (Wildman–Crippen LogP) is -3.10. The van der Waals surface area contributed by atoms with E-state index in [4.69, 9.17) is 47.0 Å². The van der Waals surface area contributed by atoms with Crippen molar-refractivity contribution in [3.05, 3.63) is 82.5 Å². The van der Waals surface area contributed by atoms with Crippen LogP contribution < -0.4 is 14.9 Å². The number of aliphatic hydroxyl groups is 11. The lowest BCUT2D eigenvalue weighted by molar-refractivity contribution is -0.361. The molecule has 14 N–H and O–H groups in total. The lowest BCUT2D eigenvalue weighted by Gasteiger charge is -2.46. The molecule has 3 aromatic carbocycles. The summed E-state index contributed by atoms with van der Waals surface area (Å²) in [6.45, 7) is 1.15. The number of aromatic hydroxyl groups is 3. The van der Waals surface area contributed by atoms with E-state index in [-0.39, 0.29) is 28.4 Å². The summed E-state index contributed by atoms with van der Waals surface area (Å²) in [4.78, 5) is 27.5. The Kier molecular flexibility index (Phi) is 16.8. The molecular weight excluding hydrogens is 993 g/mol. The first-order valence-corrected chi connectivity index (χ1v) is 23.1. The molecule has 0 spiro atoms. The maximum atomic E-state index is 14.4. The third-order valence-electron chi connectivity index (χ3n) is 12.9. The second-order valence-electron chi connectivity index (χ2n) is 18.0. The Morgan fingerprint density at radius 2 is 1.18 bits per heavy atom. The Labute approximate surface area is 418 Å². The molecule has 0 unspecified atom stereocenters. The summed E-state index contributed by atoms with van der Waals surface area (Å²) >= 11 is 0. The zero-order valence-electron chi connectivity index (χ0n) is 39.0. The van der Waals surface area contributed by atoms with Gasteiger partial charge in [-0.05, 0) is 61.9 Å². The summed E-state index contributed by atoms with van der Waals surface area (Å²) in [6, 6.07) is 12.9. The van der Waals surface area contributed by atoms with Crippen LogP contribution in [0, 0.1) is 0 Å². The Hall–Kier alpha value is -5.60. The van der Waals surface area contributed by atoms with E-state index in [1.54, 1.807) is 0 Å². The molecule has 0 saturated carbocycles. The first-order chi connectivity index (χ1) is 35.1. The van der Waals surface area contributed by atoms with Crippen molar-refractivity contribution in [1.82, 2.24) is 0 Å². The quantitative estimate of drug-likeness (QED) is 0.0439. The number of hydrogen-bond donors (Lipinski definition) is 14. The molecule has 1 aromatic heterocycles. The molecule has 4 aliphatic heterocycles. The molecule has 0 aliphatic carbocycles. The molecule has 26 heteroatoms. The number of phenolic OH excluding ortho intramolecular Hbond substituents is 3.